The number of benzene rings is 1. The molecule has 3 heteroatoms. The molecule has 1 heterocycles. The minimum Gasteiger partial charge on any atom is -0.370 e. The zero-order valence-corrected chi connectivity index (χ0v) is 9.17. The van der Waals surface area contributed by atoms with Gasteiger partial charge in [-0.25, -0.2) is 0 Å². The SMILES string of the molecule is O=CC1OCCCC1OCc1ccccc1. The highest BCUT2D eigenvalue weighted by molar-refractivity contribution is 5.57. The van der Waals surface area contributed by atoms with Gasteiger partial charge in [0.2, 0.25) is 0 Å². The lowest BCUT2D eigenvalue weighted by Gasteiger charge is -2.28. The molecular weight excluding hydrogens is 204 g/mol. The monoisotopic (exact) mass is 220 g/mol. The molecule has 1 aromatic rings. The molecule has 86 valence electrons. The van der Waals surface area contributed by atoms with Gasteiger partial charge in [-0.15, -0.1) is 0 Å². The van der Waals surface area contributed by atoms with E-state index in [9.17, 15) is 4.79 Å². The van der Waals surface area contributed by atoms with E-state index in [0.717, 1.165) is 24.7 Å². The Labute approximate surface area is 95.4 Å². The Kier molecular flexibility index (Phi) is 4.08. The van der Waals surface area contributed by atoms with E-state index in [1.807, 2.05) is 30.3 Å². The highest BCUT2D eigenvalue weighted by Gasteiger charge is 2.25. The second-order valence-electron chi connectivity index (χ2n) is 3.95. The second kappa shape index (κ2) is 5.77. The molecular formula is C13H16O3. The van der Waals surface area contributed by atoms with Gasteiger partial charge in [0.05, 0.1) is 12.7 Å². The first-order valence-electron chi connectivity index (χ1n) is 5.62. The Bertz CT molecular complexity index is 323. The number of ether oxygens (including phenoxy) is 2. The van der Waals surface area contributed by atoms with E-state index in [-0.39, 0.29) is 6.10 Å². The van der Waals surface area contributed by atoms with Crippen LogP contribution in [0.1, 0.15) is 18.4 Å². The fourth-order valence-corrected chi connectivity index (χ4v) is 1.86. The number of hydrogen-bond acceptors (Lipinski definition) is 3. The van der Waals surface area contributed by atoms with Crippen molar-refractivity contribution in [3.05, 3.63) is 35.9 Å². The summed E-state index contributed by atoms with van der Waals surface area (Å²) in [5.41, 5.74) is 1.12. The van der Waals surface area contributed by atoms with E-state index in [1.54, 1.807) is 0 Å². The van der Waals surface area contributed by atoms with E-state index in [0.29, 0.717) is 13.2 Å². The molecule has 0 bridgehead atoms. The molecule has 0 saturated carbocycles. The largest absolute Gasteiger partial charge is 0.370 e. The average molecular weight is 220 g/mol. The van der Waals surface area contributed by atoms with Crippen molar-refractivity contribution in [2.45, 2.75) is 31.7 Å². The van der Waals surface area contributed by atoms with Crippen LogP contribution in [0.15, 0.2) is 30.3 Å². The Morgan fingerprint density at radius 3 is 2.94 bits per heavy atom. The molecule has 1 saturated heterocycles. The molecule has 1 aromatic carbocycles. The van der Waals surface area contributed by atoms with Gasteiger partial charge in [-0.3, -0.25) is 0 Å². The predicted octanol–water partition coefficient (Wildman–Crippen LogP) is 1.95. The Morgan fingerprint density at radius 1 is 1.38 bits per heavy atom. The minimum atomic E-state index is -0.391. The molecule has 0 aliphatic carbocycles. The number of carbonyl (C=O) groups excluding carboxylic acids is 1. The van der Waals surface area contributed by atoms with Gasteiger partial charge in [0.25, 0.3) is 0 Å². The van der Waals surface area contributed by atoms with E-state index in [1.165, 1.54) is 0 Å². The summed E-state index contributed by atoms with van der Waals surface area (Å²) >= 11 is 0. The molecule has 2 atom stereocenters. The van der Waals surface area contributed by atoms with Crippen molar-refractivity contribution in [3.63, 3.8) is 0 Å². The van der Waals surface area contributed by atoms with Crippen LogP contribution in [0.25, 0.3) is 0 Å². The summed E-state index contributed by atoms with van der Waals surface area (Å²) < 4.78 is 11.1. The van der Waals surface area contributed by atoms with Gasteiger partial charge in [0.1, 0.15) is 6.10 Å². The summed E-state index contributed by atoms with van der Waals surface area (Å²) in [5.74, 6) is 0. The molecule has 0 spiro atoms. The molecule has 0 amide bonds. The summed E-state index contributed by atoms with van der Waals surface area (Å²) in [6.07, 6.45) is 2.22. The van der Waals surface area contributed by atoms with Crippen molar-refractivity contribution < 1.29 is 14.3 Å². The van der Waals surface area contributed by atoms with Gasteiger partial charge in [0.15, 0.2) is 6.29 Å². The zero-order chi connectivity index (χ0) is 11.2. The normalized spacial score (nSPS) is 25.2. The molecule has 1 fully saturated rings. The molecule has 1 aliphatic rings. The van der Waals surface area contributed by atoms with Gasteiger partial charge in [-0.1, -0.05) is 30.3 Å². The highest BCUT2D eigenvalue weighted by atomic mass is 16.5. The van der Waals surface area contributed by atoms with Crippen molar-refractivity contribution in [1.82, 2.24) is 0 Å². The van der Waals surface area contributed by atoms with Gasteiger partial charge in [-0.2, -0.15) is 0 Å². The molecule has 16 heavy (non-hydrogen) atoms. The number of hydrogen-bond donors (Lipinski definition) is 0. The van der Waals surface area contributed by atoms with Crippen molar-refractivity contribution in [3.8, 4) is 0 Å². The topological polar surface area (TPSA) is 35.5 Å². The van der Waals surface area contributed by atoms with Gasteiger partial charge in [0, 0.05) is 6.61 Å². The zero-order valence-electron chi connectivity index (χ0n) is 9.17. The first-order valence-corrected chi connectivity index (χ1v) is 5.62. The maximum atomic E-state index is 10.8. The number of rotatable bonds is 4. The third-order valence-corrected chi connectivity index (χ3v) is 2.75. The number of carbonyl (C=O) groups is 1. The van der Waals surface area contributed by atoms with Gasteiger partial charge in [-0.05, 0) is 18.4 Å². The van der Waals surface area contributed by atoms with E-state index in [4.69, 9.17) is 9.47 Å². The summed E-state index contributed by atoms with van der Waals surface area (Å²) in [6.45, 7) is 1.20. The van der Waals surface area contributed by atoms with Gasteiger partial charge < -0.3 is 14.3 Å². The summed E-state index contributed by atoms with van der Waals surface area (Å²) in [7, 11) is 0. The van der Waals surface area contributed by atoms with Crippen LogP contribution in [0.5, 0.6) is 0 Å². The third kappa shape index (κ3) is 2.90. The summed E-state index contributed by atoms with van der Waals surface area (Å²) in [4.78, 5) is 10.8. The molecule has 0 radical (unpaired) electrons. The Morgan fingerprint density at radius 2 is 2.19 bits per heavy atom. The Balaban J connectivity index is 1.86. The van der Waals surface area contributed by atoms with Crippen LogP contribution in [-0.4, -0.2) is 25.1 Å². The van der Waals surface area contributed by atoms with Crippen molar-refractivity contribution in [2.24, 2.45) is 0 Å². The quantitative estimate of drug-likeness (QED) is 0.727. The van der Waals surface area contributed by atoms with E-state index >= 15 is 0 Å². The maximum Gasteiger partial charge on any atom is 0.151 e. The third-order valence-electron chi connectivity index (χ3n) is 2.75. The van der Waals surface area contributed by atoms with Crippen LogP contribution in [0.2, 0.25) is 0 Å². The van der Waals surface area contributed by atoms with Crippen LogP contribution in [0.3, 0.4) is 0 Å². The first kappa shape index (κ1) is 11.3. The van der Waals surface area contributed by atoms with Crippen molar-refractivity contribution >= 4 is 6.29 Å². The smallest absolute Gasteiger partial charge is 0.151 e. The van der Waals surface area contributed by atoms with Crippen LogP contribution in [0.4, 0.5) is 0 Å². The Hall–Kier alpha value is -1.19. The fourth-order valence-electron chi connectivity index (χ4n) is 1.86. The fraction of sp³-hybridized carbons (Fsp3) is 0.462. The lowest BCUT2D eigenvalue weighted by atomic mass is 10.1. The molecule has 2 unspecified atom stereocenters. The summed E-state index contributed by atoms with van der Waals surface area (Å²) in [6, 6.07) is 9.96. The average Bonchev–Trinajstić information content (AvgIpc) is 2.38. The molecule has 2 rings (SSSR count). The van der Waals surface area contributed by atoms with E-state index in [2.05, 4.69) is 0 Å². The second-order valence-corrected chi connectivity index (χ2v) is 3.95. The van der Waals surface area contributed by atoms with Crippen molar-refractivity contribution in [1.29, 1.82) is 0 Å². The lowest BCUT2D eigenvalue weighted by Crippen LogP contribution is -2.37. The standard InChI is InChI=1S/C13H16O3/c14-9-13-12(7-4-8-15-13)16-10-11-5-2-1-3-6-11/h1-3,5-6,9,12-13H,4,7-8,10H2. The van der Waals surface area contributed by atoms with Crippen molar-refractivity contribution in [2.75, 3.05) is 6.61 Å². The minimum absolute atomic E-state index is 0.0912. The van der Waals surface area contributed by atoms with E-state index < -0.39 is 6.10 Å². The molecule has 0 aromatic heterocycles. The predicted molar refractivity (Wildman–Crippen MR) is 60.1 cm³/mol. The molecule has 3 nitrogen and oxygen atoms in total. The van der Waals surface area contributed by atoms with Crippen LogP contribution in [0, 0.1) is 0 Å². The van der Waals surface area contributed by atoms with Gasteiger partial charge >= 0.3 is 0 Å². The molecule has 1 aliphatic heterocycles. The van der Waals surface area contributed by atoms with Crippen LogP contribution in [-0.2, 0) is 20.9 Å². The molecule has 0 N–H and O–H groups in total. The summed E-state index contributed by atoms with van der Waals surface area (Å²) in [5, 5.41) is 0. The highest BCUT2D eigenvalue weighted by Crippen LogP contribution is 2.17. The lowest BCUT2D eigenvalue weighted by molar-refractivity contribution is -0.140. The maximum absolute atomic E-state index is 10.8. The number of aldehydes is 1. The van der Waals surface area contributed by atoms with Crippen LogP contribution >= 0.6 is 0 Å². The van der Waals surface area contributed by atoms with Crippen LogP contribution < -0.4 is 0 Å². The first-order chi connectivity index (χ1) is 7.90.